The summed E-state index contributed by atoms with van der Waals surface area (Å²) >= 11 is 0. The van der Waals surface area contributed by atoms with Crippen molar-refractivity contribution in [3.8, 4) is 5.75 Å². The zero-order valence-electron chi connectivity index (χ0n) is 13.5. The Bertz CT molecular complexity index is 898. The number of allylic oxidation sites excluding steroid dienone is 1. The molecule has 0 unspecified atom stereocenters. The molecule has 4 nitrogen and oxygen atoms in total. The second-order valence-corrected chi connectivity index (χ2v) is 5.35. The van der Waals surface area contributed by atoms with Gasteiger partial charge in [0.1, 0.15) is 5.75 Å². The highest BCUT2D eigenvalue weighted by atomic mass is 16.5. The largest absolute Gasteiger partial charge is 0.497 e. The number of anilines is 1. The van der Waals surface area contributed by atoms with Crippen molar-refractivity contribution in [1.29, 1.82) is 0 Å². The molecule has 0 aliphatic rings. The van der Waals surface area contributed by atoms with Crippen molar-refractivity contribution in [1.82, 2.24) is 4.98 Å². The molecule has 2 aromatic carbocycles. The van der Waals surface area contributed by atoms with Crippen molar-refractivity contribution < 1.29 is 9.53 Å². The molecule has 120 valence electrons. The van der Waals surface area contributed by atoms with Gasteiger partial charge >= 0.3 is 0 Å². The molecule has 3 rings (SSSR count). The first kappa shape index (κ1) is 15.7. The third-order valence-corrected chi connectivity index (χ3v) is 3.80. The van der Waals surface area contributed by atoms with E-state index >= 15 is 0 Å². The van der Waals surface area contributed by atoms with Gasteiger partial charge < -0.3 is 10.1 Å². The van der Waals surface area contributed by atoms with Gasteiger partial charge in [-0.1, -0.05) is 24.3 Å². The fourth-order valence-corrected chi connectivity index (χ4v) is 2.64. The van der Waals surface area contributed by atoms with Crippen LogP contribution in [0, 0.1) is 0 Å². The first-order chi connectivity index (χ1) is 11.7. The molecule has 1 aromatic heterocycles. The Hall–Kier alpha value is -3.14. The summed E-state index contributed by atoms with van der Waals surface area (Å²) < 4.78 is 5.24. The lowest BCUT2D eigenvalue weighted by Crippen LogP contribution is -2.14. The molecule has 0 saturated carbocycles. The second-order valence-electron chi connectivity index (χ2n) is 5.35. The molecule has 0 radical (unpaired) electrons. The quantitative estimate of drug-likeness (QED) is 0.716. The number of methoxy groups -OCH3 is 1. The summed E-state index contributed by atoms with van der Waals surface area (Å²) in [4.78, 5) is 17.1. The fraction of sp³-hybridized carbons (Fsp3) is 0.100. The Morgan fingerprint density at radius 3 is 2.88 bits per heavy atom. The number of aromatic nitrogens is 1. The van der Waals surface area contributed by atoms with Crippen LogP contribution in [-0.4, -0.2) is 18.0 Å². The minimum absolute atomic E-state index is 0.173. The number of para-hydroxylation sites is 1. The standard InChI is InChI=1S/C20H18N2O2/c1-3-6-15-13-16(24-2)10-11-17(15)20(23)22-18-9-4-7-14-8-5-12-21-19(14)18/h3-5,7-13H,1,6H2,2H3,(H,22,23). The van der Waals surface area contributed by atoms with Crippen LogP contribution in [0.15, 0.2) is 67.4 Å². The fourth-order valence-electron chi connectivity index (χ4n) is 2.64. The van der Waals surface area contributed by atoms with E-state index in [4.69, 9.17) is 4.74 Å². The first-order valence-corrected chi connectivity index (χ1v) is 7.66. The number of nitrogens with one attached hydrogen (secondary N) is 1. The van der Waals surface area contributed by atoms with Gasteiger partial charge in [0.15, 0.2) is 0 Å². The number of amides is 1. The Morgan fingerprint density at radius 2 is 2.08 bits per heavy atom. The molecule has 0 fully saturated rings. The highest BCUT2D eigenvalue weighted by Crippen LogP contribution is 2.23. The highest BCUT2D eigenvalue weighted by Gasteiger charge is 2.13. The van der Waals surface area contributed by atoms with Crippen LogP contribution >= 0.6 is 0 Å². The van der Waals surface area contributed by atoms with Gasteiger partial charge in [-0.3, -0.25) is 9.78 Å². The Kier molecular flexibility index (Phi) is 4.57. The maximum atomic E-state index is 12.7. The number of fused-ring (bicyclic) bond motifs is 1. The first-order valence-electron chi connectivity index (χ1n) is 7.66. The average molecular weight is 318 g/mol. The van der Waals surface area contributed by atoms with E-state index in [-0.39, 0.29) is 5.91 Å². The summed E-state index contributed by atoms with van der Waals surface area (Å²) in [7, 11) is 1.61. The maximum Gasteiger partial charge on any atom is 0.256 e. The van der Waals surface area contributed by atoms with Crippen molar-refractivity contribution in [3.63, 3.8) is 0 Å². The Morgan fingerprint density at radius 1 is 1.25 bits per heavy atom. The van der Waals surface area contributed by atoms with Crippen LogP contribution in [0.5, 0.6) is 5.75 Å². The summed E-state index contributed by atoms with van der Waals surface area (Å²) in [6.07, 6.45) is 4.08. The van der Waals surface area contributed by atoms with Crippen LogP contribution in [0.1, 0.15) is 15.9 Å². The van der Waals surface area contributed by atoms with E-state index < -0.39 is 0 Å². The van der Waals surface area contributed by atoms with Crippen molar-refractivity contribution in [2.24, 2.45) is 0 Å². The summed E-state index contributed by atoms with van der Waals surface area (Å²) in [5.74, 6) is 0.544. The summed E-state index contributed by atoms with van der Waals surface area (Å²) in [6, 6.07) is 15.0. The van der Waals surface area contributed by atoms with Crippen molar-refractivity contribution >= 4 is 22.5 Å². The minimum atomic E-state index is -0.173. The third kappa shape index (κ3) is 3.13. The molecule has 0 aliphatic carbocycles. The number of pyridine rings is 1. The number of carbonyl (C=O) groups is 1. The van der Waals surface area contributed by atoms with Gasteiger partial charge in [-0.25, -0.2) is 0 Å². The molecule has 0 atom stereocenters. The Labute approximate surface area is 140 Å². The number of hydrogen-bond donors (Lipinski definition) is 1. The van der Waals surface area contributed by atoms with Gasteiger partial charge in [0.2, 0.25) is 0 Å². The average Bonchev–Trinajstić information content (AvgIpc) is 2.62. The SMILES string of the molecule is C=CCc1cc(OC)ccc1C(=O)Nc1cccc2cccnc12. The van der Waals surface area contributed by atoms with Crippen molar-refractivity contribution in [2.75, 3.05) is 12.4 Å². The summed E-state index contributed by atoms with van der Waals surface area (Å²) in [5.41, 5.74) is 2.93. The van der Waals surface area contributed by atoms with E-state index in [1.54, 1.807) is 31.5 Å². The number of nitrogens with zero attached hydrogens (tertiary/aromatic N) is 1. The molecule has 24 heavy (non-hydrogen) atoms. The minimum Gasteiger partial charge on any atom is -0.497 e. The number of carbonyl (C=O) groups excluding carboxylic acids is 1. The van der Waals surface area contributed by atoms with E-state index in [0.717, 1.165) is 22.2 Å². The molecule has 0 saturated heterocycles. The normalized spacial score (nSPS) is 10.4. The van der Waals surface area contributed by atoms with Gasteiger partial charge in [0.25, 0.3) is 5.91 Å². The predicted octanol–water partition coefficient (Wildman–Crippen LogP) is 4.22. The van der Waals surface area contributed by atoms with Crippen molar-refractivity contribution in [2.45, 2.75) is 6.42 Å². The Balaban J connectivity index is 1.96. The van der Waals surface area contributed by atoms with Crippen molar-refractivity contribution in [3.05, 3.63) is 78.5 Å². The summed E-state index contributed by atoms with van der Waals surface area (Å²) in [5, 5.41) is 3.94. The van der Waals surface area contributed by atoms with Crippen LogP contribution in [0.4, 0.5) is 5.69 Å². The third-order valence-electron chi connectivity index (χ3n) is 3.80. The lowest BCUT2D eigenvalue weighted by Gasteiger charge is -2.12. The van der Waals surface area contributed by atoms with Crippen LogP contribution in [-0.2, 0) is 6.42 Å². The van der Waals surface area contributed by atoms with Crippen LogP contribution in [0.25, 0.3) is 10.9 Å². The number of rotatable bonds is 5. The number of benzene rings is 2. The molecule has 1 N–H and O–H groups in total. The smallest absolute Gasteiger partial charge is 0.256 e. The number of ether oxygens (including phenoxy) is 1. The molecule has 0 aliphatic heterocycles. The van der Waals surface area contributed by atoms with Crippen LogP contribution < -0.4 is 10.1 Å². The van der Waals surface area contributed by atoms with Gasteiger partial charge in [0.05, 0.1) is 18.3 Å². The molecule has 0 spiro atoms. The molecule has 4 heteroatoms. The molecule has 1 amide bonds. The second kappa shape index (κ2) is 6.96. The lowest BCUT2D eigenvalue weighted by molar-refractivity contribution is 0.102. The monoisotopic (exact) mass is 318 g/mol. The van der Waals surface area contributed by atoms with E-state index in [9.17, 15) is 4.79 Å². The van der Waals surface area contributed by atoms with E-state index in [1.807, 2.05) is 36.4 Å². The van der Waals surface area contributed by atoms with Gasteiger partial charge in [-0.15, -0.1) is 6.58 Å². The molecule has 1 heterocycles. The van der Waals surface area contributed by atoms with Gasteiger partial charge in [-0.05, 0) is 42.3 Å². The lowest BCUT2D eigenvalue weighted by atomic mass is 10.0. The van der Waals surface area contributed by atoms with E-state index in [1.165, 1.54) is 0 Å². The maximum absolute atomic E-state index is 12.7. The van der Waals surface area contributed by atoms with Crippen LogP contribution in [0.2, 0.25) is 0 Å². The zero-order valence-corrected chi connectivity index (χ0v) is 13.5. The van der Waals surface area contributed by atoms with Gasteiger partial charge in [-0.2, -0.15) is 0 Å². The highest BCUT2D eigenvalue weighted by molar-refractivity contribution is 6.09. The number of hydrogen-bond acceptors (Lipinski definition) is 3. The van der Waals surface area contributed by atoms with E-state index in [2.05, 4.69) is 16.9 Å². The molecular weight excluding hydrogens is 300 g/mol. The molecular formula is C20H18N2O2. The summed E-state index contributed by atoms with van der Waals surface area (Å²) in [6.45, 7) is 3.75. The van der Waals surface area contributed by atoms with Crippen LogP contribution in [0.3, 0.4) is 0 Å². The van der Waals surface area contributed by atoms with E-state index in [0.29, 0.717) is 17.7 Å². The predicted molar refractivity (Wildman–Crippen MR) is 96.6 cm³/mol. The molecule has 3 aromatic rings. The molecule has 0 bridgehead atoms. The topological polar surface area (TPSA) is 51.2 Å². The van der Waals surface area contributed by atoms with Gasteiger partial charge in [0, 0.05) is 17.1 Å². The zero-order chi connectivity index (χ0) is 16.9.